The van der Waals surface area contributed by atoms with E-state index in [9.17, 15) is 13.2 Å². The lowest BCUT2D eigenvalue weighted by molar-refractivity contribution is -0.140. The molecule has 1 aliphatic rings. The summed E-state index contributed by atoms with van der Waals surface area (Å²) in [7, 11) is 0. The minimum Gasteiger partial charge on any atom is -0.382 e. The predicted molar refractivity (Wildman–Crippen MR) is 145 cm³/mol. The van der Waals surface area contributed by atoms with Gasteiger partial charge >= 0.3 is 6.18 Å². The van der Waals surface area contributed by atoms with Crippen molar-refractivity contribution in [1.82, 2.24) is 9.47 Å². The normalized spacial score (nSPS) is 15.1. The van der Waals surface area contributed by atoms with Crippen LogP contribution in [0.5, 0.6) is 0 Å². The number of hydrogen-bond donors (Lipinski definition) is 2. The van der Waals surface area contributed by atoms with Crippen LogP contribution in [0, 0.1) is 11.8 Å². The lowest BCUT2D eigenvalue weighted by Crippen LogP contribution is -2.38. The Morgan fingerprint density at radius 3 is 2.58 bits per heavy atom. The predicted octanol–water partition coefficient (Wildman–Crippen LogP) is 6.94. The maximum Gasteiger partial charge on any atom is 0.406 e. The quantitative estimate of drug-likeness (QED) is 0.254. The van der Waals surface area contributed by atoms with Crippen LogP contribution in [0.15, 0.2) is 47.4 Å². The summed E-state index contributed by atoms with van der Waals surface area (Å²) < 4.78 is 41.7. The van der Waals surface area contributed by atoms with Gasteiger partial charge in [-0.15, -0.1) is 11.8 Å². The first kappa shape index (κ1) is 26.6. The zero-order valence-electron chi connectivity index (χ0n) is 20.4. The Balaban J connectivity index is 1.56. The van der Waals surface area contributed by atoms with Gasteiger partial charge in [-0.1, -0.05) is 30.5 Å². The van der Waals surface area contributed by atoms with Crippen LogP contribution in [0.25, 0.3) is 10.9 Å². The van der Waals surface area contributed by atoms with Crippen molar-refractivity contribution in [1.29, 1.82) is 0 Å². The summed E-state index contributed by atoms with van der Waals surface area (Å²) in [6.45, 7) is 4.44. The number of likely N-dealkylation sites (tertiary alicyclic amines) is 1. The second kappa shape index (κ2) is 11.7. The Hall–Kier alpha value is -2.47. The third-order valence-electron chi connectivity index (χ3n) is 6.43. The molecule has 9 heteroatoms. The smallest absolute Gasteiger partial charge is 0.382 e. The molecule has 4 nitrogen and oxygen atoms in total. The van der Waals surface area contributed by atoms with Crippen molar-refractivity contribution in [3.63, 3.8) is 0 Å². The highest BCUT2D eigenvalue weighted by atomic mass is 35.5. The molecule has 0 aliphatic carbocycles. The molecule has 2 N–H and O–H groups in total. The van der Waals surface area contributed by atoms with Gasteiger partial charge in [-0.25, -0.2) is 0 Å². The molecule has 0 bridgehead atoms. The van der Waals surface area contributed by atoms with E-state index in [1.54, 1.807) is 30.0 Å². The first-order valence-corrected chi connectivity index (χ1v) is 13.6. The number of hydrogen-bond acceptors (Lipinski definition) is 4. The number of anilines is 2. The van der Waals surface area contributed by atoms with E-state index < -0.39 is 12.7 Å². The largest absolute Gasteiger partial charge is 0.406 e. The molecule has 1 aromatic heterocycles. The second-order valence-corrected chi connectivity index (χ2v) is 10.1. The number of nitrogens with zero attached hydrogens (tertiary/aromatic N) is 2. The molecular weight excluding hydrogens is 505 g/mol. The van der Waals surface area contributed by atoms with E-state index in [-0.39, 0.29) is 6.54 Å². The van der Waals surface area contributed by atoms with Crippen molar-refractivity contribution >= 4 is 45.6 Å². The molecule has 4 rings (SSSR count). The molecule has 0 atom stereocenters. The monoisotopic (exact) mass is 534 g/mol. The fourth-order valence-electron chi connectivity index (χ4n) is 4.53. The number of halogens is 4. The molecule has 1 fully saturated rings. The van der Waals surface area contributed by atoms with Gasteiger partial charge in [0.25, 0.3) is 0 Å². The summed E-state index contributed by atoms with van der Waals surface area (Å²) in [5.74, 6) is 5.93. The third-order valence-corrected chi connectivity index (χ3v) is 7.65. The molecule has 0 unspecified atom stereocenters. The number of benzene rings is 2. The van der Waals surface area contributed by atoms with Crippen LogP contribution in [-0.2, 0) is 6.54 Å². The molecule has 2 aromatic carbocycles. The Morgan fingerprint density at radius 2 is 1.92 bits per heavy atom. The van der Waals surface area contributed by atoms with Crippen molar-refractivity contribution in [3.05, 3.63) is 53.2 Å². The fourth-order valence-corrected chi connectivity index (χ4v) is 5.40. The molecule has 192 valence electrons. The number of fused-ring (bicyclic) bond motifs is 1. The Morgan fingerprint density at radius 1 is 1.14 bits per heavy atom. The van der Waals surface area contributed by atoms with E-state index in [2.05, 4.69) is 34.3 Å². The first-order chi connectivity index (χ1) is 17.3. The van der Waals surface area contributed by atoms with Crippen molar-refractivity contribution in [3.8, 4) is 11.8 Å². The van der Waals surface area contributed by atoms with Crippen LogP contribution in [0.3, 0.4) is 0 Å². The van der Waals surface area contributed by atoms with Crippen molar-refractivity contribution in [2.75, 3.05) is 43.1 Å². The summed E-state index contributed by atoms with van der Waals surface area (Å²) in [5.41, 5.74) is 2.53. The molecule has 2 heterocycles. The summed E-state index contributed by atoms with van der Waals surface area (Å²) in [5, 5.41) is 8.15. The average Bonchev–Trinajstić information content (AvgIpc) is 3.19. The van der Waals surface area contributed by atoms with Crippen molar-refractivity contribution in [2.45, 2.75) is 43.4 Å². The highest BCUT2D eigenvalue weighted by Gasteiger charge is 2.30. The minimum atomic E-state index is -4.35. The van der Waals surface area contributed by atoms with Crippen LogP contribution < -0.4 is 10.6 Å². The molecule has 1 aliphatic heterocycles. The van der Waals surface area contributed by atoms with Crippen LogP contribution in [-0.4, -0.2) is 54.1 Å². The maximum atomic E-state index is 13.5. The molecule has 0 amide bonds. The van der Waals surface area contributed by atoms with Crippen molar-refractivity contribution < 1.29 is 13.2 Å². The zero-order valence-corrected chi connectivity index (χ0v) is 22.0. The highest BCUT2D eigenvalue weighted by molar-refractivity contribution is 7.98. The number of thioether (sulfide) groups is 1. The van der Waals surface area contributed by atoms with E-state index in [1.807, 2.05) is 30.5 Å². The van der Waals surface area contributed by atoms with Crippen LogP contribution in [0.2, 0.25) is 5.02 Å². The van der Waals surface area contributed by atoms with Crippen LogP contribution in [0.4, 0.5) is 24.5 Å². The summed E-state index contributed by atoms with van der Waals surface area (Å²) >= 11 is 7.81. The molecule has 0 spiro atoms. The van der Waals surface area contributed by atoms with Crippen LogP contribution in [0.1, 0.15) is 25.5 Å². The Kier molecular flexibility index (Phi) is 8.66. The lowest BCUT2D eigenvalue weighted by Gasteiger charge is -2.32. The summed E-state index contributed by atoms with van der Waals surface area (Å²) in [6.07, 6.45) is -0.385. The van der Waals surface area contributed by atoms with Gasteiger partial charge in [0, 0.05) is 40.8 Å². The number of alkyl halides is 3. The third kappa shape index (κ3) is 6.64. The Bertz CT molecular complexity index is 1250. The van der Waals surface area contributed by atoms with Gasteiger partial charge in [0.05, 0.1) is 22.8 Å². The van der Waals surface area contributed by atoms with E-state index in [4.69, 9.17) is 11.6 Å². The second-order valence-electron chi connectivity index (χ2n) is 8.83. The standard InChI is InChI=1S/C27H30ClF3N4S/c1-3-34-14-11-19(12-15-34)33-24-7-4-8-25-22(24)17-21(35(25)18-27(29,30)31)6-5-13-32-20-9-10-26(36-2)23(28)16-20/h4,7-10,16-17,19,32-33H,3,11-15,18H2,1-2H3. The van der Waals surface area contributed by atoms with Gasteiger partial charge in [0.1, 0.15) is 6.54 Å². The lowest BCUT2D eigenvalue weighted by atomic mass is 10.0. The minimum absolute atomic E-state index is 0.281. The van der Waals surface area contributed by atoms with Gasteiger partial charge in [-0.2, -0.15) is 13.2 Å². The molecule has 0 saturated carbocycles. The van der Waals surface area contributed by atoms with E-state index in [1.165, 1.54) is 4.57 Å². The fraction of sp³-hybridized carbons (Fsp3) is 0.407. The molecule has 3 aromatic rings. The SMILES string of the molecule is CCN1CCC(Nc2cccc3c2cc(C#CCNc2ccc(SC)c(Cl)c2)n3CC(F)(F)F)CC1. The maximum absolute atomic E-state index is 13.5. The van der Waals surface area contributed by atoms with E-state index in [0.717, 1.165) is 54.1 Å². The van der Waals surface area contributed by atoms with Gasteiger partial charge in [0.2, 0.25) is 0 Å². The zero-order chi connectivity index (χ0) is 25.7. The number of aromatic nitrogens is 1. The highest BCUT2D eigenvalue weighted by Crippen LogP contribution is 2.31. The van der Waals surface area contributed by atoms with E-state index in [0.29, 0.717) is 22.3 Å². The van der Waals surface area contributed by atoms with Gasteiger partial charge in [0.15, 0.2) is 0 Å². The van der Waals surface area contributed by atoms with Crippen LogP contribution >= 0.6 is 23.4 Å². The Labute approximate surface area is 219 Å². The number of nitrogens with one attached hydrogen (secondary N) is 2. The van der Waals surface area contributed by atoms with Gasteiger partial charge in [-0.3, -0.25) is 0 Å². The number of piperidine rings is 1. The van der Waals surface area contributed by atoms with E-state index >= 15 is 0 Å². The van der Waals surface area contributed by atoms with Crippen molar-refractivity contribution in [2.24, 2.45) is 0 Å². The average molecular weight is 535 g/mol. The number of rotatable bonds is 7. The summed E-state index contributed by atoms with van der Waals surface area (Å²) in [6, 6.07) is 13.2. The molecular formula is C27H30ClF3N4S. The summed E-state index contributed by atoms with van der Waals surface area (Å²) in [4.78, 5) is 3.39. The van der Waals surface area contributed by atoms with Gasteiger partial charge < -0.3 is 20.1 Å². The molecule has 1 saturated heterocycles. The topological polar surface area (TPSA) is 32.2 Å². The molecule has 36 heavy (non-hydrogen) atoms. The molecule has 0 radical (unpaired) electrons. The first-order valence-electron chi connectivity index (χ1n) is 12.0. The van der Waals surface area contributed by atoms with Gasteiger partial charge in [-0.05, 0) is 68.0 Å².